The lowest BCUT2D eigenvalue weighted by molar-refractivity contribution is 1.14. The Balaban J connectivity index is 2.28. The third kappa shape index (κ3) is 1.21. The molecule has 1 aromatic rings. The van der Waals surface area contributed by atoms with Crippen LogP contribution in [0.2, 0.25) is 0 Å². The SMILES string of the molecule is C1=C(c2csnn2)SSC1. The van der Waals surface area contributed by atoms with Gasteiger partial charge in [-0.25, -0.2) is 0 Å². The highest BCUT2D eigenvalue weighted by molar-refractivity contribution is 8.80. The summed E-state index contributed by atoms with van der Waals surface area (Å²) in [5, 5.41) is 5.94. The molecule has 0 bridgehead atoms. The third-order valence-electron chi connectivity index (χ3n) is 1.10. The molecule has 1 aliphatic rings. The first-order chi connectivity index (χ1) is 4.97. The van der Waals surface area contributed by atoms with E-state index in [1.54, 1.807) is 10.8 Å². The van der Waals surface area contributed by atoms with Gasteiger partial charge < -0.3 is 0 Å². The van der Waals surface area contributed by atoms with Crippen molar-refractivity contribution < 1.29 is 0 Å². The fourth-order valence-electron chi connectivity index (χ4n) is 0.660. The Hall–Kier alpha value is 0. The molecule has 52 valence electrons. The Morgan fingerprint density at radius 2 is 2.50 bits per heavy atom. The predicted octanol–water partition coefficient (Wildman–Crippen LogP) is 2.27. The maximum Gasteiger partial charge on any atom is 0.112 e. The summed E-state index contributed by atoms with van der Waals surface area (Å²) >= 11 is 1.40. The molecule has 2 rings (SSSR count). The van der Waals surface area contributed by atoms with E-state index in [9.17, 15) is 0 Å². The molecule has 0 fully saturated rings. The highest BCUT2D eigenvalue weighted by atomic mass is 33.1. The molecule has 10 heavy (non-hydrogen) atoms. The Morgan fingerprint density at radius 1 is 1.50 bits per heavy atom. The molecule has 2 heterocycles. The van der Waals surface area contributed by atoms with Crippen LogP contribution in [-0.2, 0) is 0 Å². The van der Waals surface area contributed by atoms with Crippen LogP contribution in [0.1, 0.15) is 5.69 Å². The molecule has 2 nitrogen and oxygen atoms in total. The van der Waals surface area contributed by atoms with Gasteiger partial charge in [-0.3, -0.25) is 0 Å². The van der Waals surface area contributed by atoms with E-state index in [1.807, 2.05) is 16.2 Å². The van der Waals surface area contributed by atoms with Gasteiger partial charge >= 0.3 is 0 Å². The molecular formula is C5H4N2S3. The van der Waals surface area contributed by atoms with Crippen molar-refractivity contribution in [3.63, 3.8) is 0 Å². The van der Waals surface area contributed by atoms with Crippen molar-refractivity contribution in [2.24, 2.45) is 0 Å². The van der Waals surface area contributed by atoms with Crippen LogP contribution in [0.15, 0.2) is 11.5 Å². The van der Waals surface area contributed by atoms with E-state index in [-0.39, 0.29) is 0 Å². The lowest BCUT2D eigenvalue weighted by Gasteiger charge is -1.88. The summed E-state index contributed by atoms with van der Waals surface area (Å²) in [5.41, 5.74) is 1.03. The van der Waals surface area contributed by atoms with Gasteiger partial charge in [0.25, 0.3) is 0 Å². The molecule has 5 heteroatoms. The van der Waals surface area contributed by atoms with Gasteiger partial charge in [0.2, 0.25) is 0 Å². The second kappa shape index (κ2) is 2.94. The predicted molar refractivity (Wildman–Crippen MR) is 47.9 cm³/mol. The molecule has 1 aliphatic heterocycles. The lowest BCUT2D eigenvalue weighted by Crippen LogP contribution is -1.75. The van der Waals surface area contributed by atoms with E-state index < -0.39 is 0 Å². The first-order valence-electron chi connectivity index (χ1n) is 2.74. The van der Waals surface area contributed by atoms with Gasteiger partial charge in [0.15, 0.2) is 0 Å². The van der Waals surface area contributed by atoms with E-state index in [0.717, 1.165) is 11.4 Å². The van der Waals surface area contributed by atoms with Gasteiger partial charge in [-0.2, -0.15) is 0 Å². The van der Waals surface area contributed by atoms with Gasteiger partial charge in [0.05, 0.1) is 0 Å². The van der Waals surface area contributed by atoms with Crippen LogP contribution in [0.5, 0.6) is 0 Å². The lowest BCUT2D eigenvalue weighted by atomic mass is 10.4. The molecule has 0 saturated carbocycles. The minimum Gasteiger partial charge on any atom is -0.137 e. The number of hydrogen-bond donors (Lipinski definition) is 0. The van der Waals surface area contributed by atoms with Crippen molar-refractivity contribution in [2.75, 3.05) is 5.75 Å². The average molecular weight is 188 g/mol. The Bertz CT molecular complexity index is 241. The van der Waals surface area contributed by atoms with Gasteiger partial charge in [0.1, 0.15) is 5.69 Å². The topological polar surface area (TPSA) is 25.8 Å². The molecule has 0 aliphatic carbocycles. The number of hydrogen-bond acceptors (Lipinski definition) is 5. The largest absolute Gasteiger partial charge is 0.137 e. The fraction of sp³-hybridized carbons (Fsp3) is 0.200. The first-order valence-corrected chi connectivity index (χ1v) is 5.89. The molecule has 0 spiro atoms. The zero-order valence-electron chi connectivity index (χ0n) is 4.98. The van der Waals surface area contributed by atoms with Gasteiger partial charge in [-0.05, 0) is 11.5 Å². The monoisotopic (exact) mass is 188 g/mol. The number of rotatable bonds is 1. The maximum atomic E-state index is 3.96. The average Bonchev–Trinajstić information content (AvgIpc) is 2.59. The van der Waals surface area contributed by atoms with Crippen LogP contribution in [0.3, 0.4) is 0 Å². The Labute approximate surface area is 70.7 Å². The molecule has 1 aromatic heterocycles. The van der Waals surface area contributed by atoms with Crippen LogP contribution in [0.4, 0.5) is 0 Å². The third-order valence-corrected chi connectivity index (χ3v) is 3.88. The second-order valence-electron chi connectivity index (χ2n) is 1.73. The van der Waals surface area contributed by atoms with E-state index in [1.165, 1.54) is 16.4 Å². The molecule has 0 N–H and O–H groups in total. The summed E-state index contributed by atoms with van der Waals surface area (Å²) in [7, 11) is 3.62. The van der Waals surface area contributed by atoms with Crippen LogP contribution < -0.4 is 0 Å². The van der Waals surface area contributed by atoms with Crippen LogP contribution in [-0.4, -0.2) is 15.3 Å². The Kier molecular flexibility index (Phi) is 1.97. The van der Waals surface area contributed by atoms with Gasteiger partial charge in [-0.1, -0.05) is 32.2 Å². The van der Waals surface area contributed by atoms with Crippen molar-refractivity contribution in [3.8, 4) is 0 Å². The molecule has 0 aromatic carbocycles. The highest BCUT2D eigenvalue weighted by Gasteiger charge is 2.10. The van der Waals surface area contributed by atoms with E-state index >= 15 is 0 Å². The number of aromatic nitrogens is 2. The summed E-state index contributed by atoms with van der Waals surface area (Å²) in [4.78, 5) is 1.26. The van der Waals surface area contributed by atoms with Gasteiger partial charge in [0, 0.05) is 16.0 Å². The second-order valence-corrected chi connectivity index (χ2v) is 4.72. The summed E-state index contributed by atoms with van der Waals surface area (Å²) in [6.07, 6.45) is 2.19. The van der Waals surface area contributed by atoms with E-state index in [4.69, 9.17) is 0 Å². The summed E-state index contributed by atoms with van der Waals surface area (Å²) in [6, 6.07) is 0. The minimum absolute atomic E-state index is 1.03. The van der Waals surface area contributed by atoms with Crippen LogP contribution in [0.25, 0.3) is 4.91 Å². The normalized spacial score (nSPS) is 17.4. The molecule has 0 saturated heterocycles. The van der Waals surface area contributed by atoms with Crippen molar-refractivity contribution in [1.82, 2.24) is 9.59 Å². The zero-order chi connectivity index (χ0) is 6.81. The van der Waals surface area contributed by atoms with E-state index in [0.29, 0.717) is 0 Å². The summed E-state index contributed by atoms with van der Waals surface area (Å²) in [5.74, 6) is 1.09. The summed E-state index contributed by atoms with van der Waals surface area (Å²) in [6.45, 7) is 0. The fourth-order valence-corrected chi connectivity index (χ4v) is 3.31. The van der Waals surface area contributed by atoms with Crippen molar-refractivity contribution in [1.29, 1.82) is 0 Å². The molecular weight excluding hydrogens is 184 g/mol. The van der Waals surface area contributed by atoms with Crippen LogP contribution in [0, 0.1) is 0 Å². The smallest absolute Gasteiger partial charge is 0.112 e. The molecule has 0 amide bonds. The van der Waals surface area contributed by atoms with Gasteiger partial charge in [-0.15, -0.1) is 5.10 Å². The molecule has 0 unspecified atom stereocenters. The summed E-state index contributed by atoms with van der Waals surface area (Å²) < 4.78 is 3.80. The standard InChI is InChI=1S/C5H4N2S3/c1-2-9-10-5(1)4-3-8-7-6-4/h1,3H,2H2. The van der Waals surface area contributed by atoms with Crippen molar-refractivity contribution in [2.45, 2.75) is 0 Å². The van der Waals surface area contributed by atoms with Crippen molar-refractivity contribution in [3.05, 3.63) is 17.2 Å². The minimum atomic E-state index is 1.03. The molecule has 0 radical (unpaired) electrons. The number of nitrogens with zero attached hydrogens (tertiary/aromatic N) is 2. The maximum absolute atomic E-state index is 3.96. The van der Waals surface area contributed by atoms with Crippen molar-refractivity contribution >= 4 is 38.0 Å². The van der Waals surface area contributed by atoms with Crippen LogP contribution >= 0.6 is 33.1 Å². The zero-order valence-corrected chi connectivity index (χ0v) is 7.43. The highest BCUT2D eigenvalue weighted by Crippen LogP contribution is 2.42. The first kappa shape index (κ1) is 6.69. The molecule has 0 atom stereocenters. The van der Waals surface area contributed by atoms with E-state index in [2.05, 4.69) is 15.7 Å². The Morgan fingerprint density at radius 3 is 3.10 bits per heavy atom. The quantitative estimate of drug-likeness (QED) is 0.631.